The summed E-state index contributed by atoms with van der Waals surface area (Å²) in [5, 5.41) is 22.2. The van der Waals surface area contributed by atoms with Gasteiger partial charge in [0, 0.05) is 33.9 Å². The van der Waals surface area contributed by atoms with Crippen LogP contribution in [0.3, 0.4) is 0 Å². The molecular formula is C41H36F3IN6O5S3. The van der Waals surface area contributed by atoms with Crippen molar-refractivity contribution >= 4 is 63.5 Å². The summed E-state index contributed by atoms with van der Waals surface area (Å²) >= 11 is 3.82. The summed E-state index contributed by atoms with van der Waals surface area (Å²) in [5.41, 5.74) is 2.33. The fourth-order valence-electron chi connectivity index (χ4n) is 6.74. The predicted molar refractivity (Wildman–Crippen MR) is 216 cm³/mol. The number of carboxylic acids is 1. The largest absolute Gasteiger partial charge is 1.00 e. The number of aliphatic carboxylic acids is 1. The molecule has 0 radical (unpaired) electrons. The molecule has 1 saturated heterocycles. The van der Waals surface area contributed by atoms with Gasteiger partial charge in [0.05, 0.1) is 0 Å². The van der Waals surface area contributed by atoms with Gasteiger partial charge in [-0.1, -0.05) is 96.2 Å². The molecule has 0 bridgehead atoms. The van der Waals surface area contributed by atoms with Crippen molar-refractivity contribution in [2.75, 3.05) is 23.4 Å². The molecule has 3 aromatic carbocycles. The zero-order chi connectivity index (χ0) is 40.9. The van der Waals surface area contributed by atoms with E-state index in [1.54, 1.807) is 12.3 Å². The molecule has 0 unspecified atom stereocenters. The normalized spacial score (nSPS) is 16.7. The molecule has 2 aliphatic rings. The molecule has 3 N–H and O–H groups in total. The molecule has 2 atom stereocenters. The van der Waals surface area contributed by atoms with Crippen molar-refractivity contribution in [3.8, 4) is 0 Å². The van der Waals surface area contributed by atoms with E-state index in [1.807, 2.05) is 91.0 Å². The van der Waals surface area contributed by atoms with E-state index in [9.17, 15) is 32.7 Å². The Kier molecular flexibility index (Phi) is 14.0. The number of fused-ring (bicyclic) bond motifs is 1. The van der Waals surface area contributed by atoms with Crippen molar-refractivity contribution in [1.82, 2.24) is 15.2 Å². The number of hydrogen-bond acceptors (Lipinski definition) is 10. The number of nitrogens with zero attached hydrogens (tertiary/aromatic N) is 4. The second-order valence-corrected chi connectivity index (χ2v) is 16.1. The lowest BCUT2D eigenvalue weighted by atomic mass is 9.77. The fraction of sp³-hybridized carbons (Fsp3) is 0.220. The smallest absolute Gasteiger partial charge is 0.448 e. The van der Waals surface area contributed by atoms with Crippen LogP contribution >= 0.6 is 34.9 Å². The average Bonchev–Trinajstić information content (AvgIpc) is 3.69. The number of amides is 2. The summed E-state index contributed by atoms with van der Waals surface area (Å²) in [4.78, 5) is 51.9. The highest BCUT2D eigenvalue weighted by Crippen LogP contribution is 2.43. The lowest BCUT2D eigenvalue weighted by Gasteiger charge is -2.49. The quantitative estimate of drug-likeness (QED) is 0.0273. The molecule has 7 rings (SSSR count). The molecule has 11 nitrogen and oxygen atoms in total. The van der Waals surface area contributed by atoms with Crippen LogP contribution in [0.4, 0.5) is 18.3 Å². The molecule has 2 aromatic heterocycles. The Bertz CT molecular complexity index is 2240. The average molecular weight is 973 g/mol. The summed E-state index contributed by atoms with van der Waals surface area (Å²) in [7, 11) is 0. The zero-order valence-corrected chi connectivity index (χ0v) is 35.7. The maximum absolute atomic E-state index is 13.9. The van der Waals surface area contributed by atoms with Crippen LogP contribution in [0.25, 0.3) is 0 Å². The maximum Gasteiger partial charge on any atom is 0.448 e. The number of aromatic nitrogens is 2. The van der Waals surface area contributed by atoms with Gasteiger partial charge in [0.1, 0.15) is 35.0 Å². The number of anilines is 1. The Balaban J connectivity index is 0.00000585. The van der Waals surface area contributed by atoms with Gasteiger partial charge in [-0.3, -0.25) is 14.5 Å². The number of carbonyl (C=O) groups is 3. The van der Waals surface area contributed by atoms with Crippen LogP contribution in [0.1, 0.15) is 29.3 Å². The molecule has 2 amide bonds. The van der Waals surface area contributed by atoms with Gasteiger partial charge in [-0.25, -0.2) is 9.78 Å². The Morgan fingerprint density at radius 3 is 2.07 bits per heavy atom. The van der Waals surface area contributed by atoms with Gasteiger partial charge >= 0.3 is 12.1 Å². The third kappa shape index (κ3) is 9.60. The Labute approximate surface area is 367 Å². The van der Waals surface area contributed by atoms with Gasteiger partial charge in [-0.05, 0) is 29.2 Å². The third-order valence-electron chi connectivity index (χ3n) is 9.33. The number of rotatable bonds is 15. The Morgan fingerprint density at radius 2 is 1.54 bits per heavy atom. The molecule has 59 heavy (non-hydrogen) atoms. The van der Waals surface area contributed by atoms with E-state index in [0.717, 1.165) is 21.3 Å². The first-order chi connectivity index (χ1) is 28.0. The number of oxime groups is 1. The van der Waals surface area contributed by atoms with Crippen LogP contribution in [0.5, 0.6) is 0 Å². The molecule has 5 aromatic rings. The van der Waals surface area contributed by atoms with Crippen LogP contribution in [0.15, 0.2) is 142 Å². The highest BCUT2D eigenvalue weighted by atomic mass is 127. The number of hydrogen-bond donors (Lipinski definition) is 3. The minimum absolute atomic E-state index is 0. The van der Waals surface area contributed by atoms with Gasteiger partial charge in [-0.15, -0.1) is 34.9 Å². The number of halogens is 4. The second-order valence-electron chi connectivity index (χ2n) is 13.1. The minimum Gasteiger partial charge on any atom is -1.00 e. The SMILES string of the molecule is CCO/N=C(\C(=O)N[C@@H]1C(=O)N2C(C(=O)O)=C(CSc3cc[n+](CC(F)(F)F)cc3)CS[C@H]12)c1csc(NC(c2ccccc2)(c2ccccc2)c2ccccc2)n1.[I-]. The first-order valence-electron chi connectivity index (χ1n) is 18.0. The van der Waals surface area contributed by atoms with Gasteiger partial charge in [0.25, 0.3) is 11.8 Å². The number of pyridine rings is 1. The molecule has 0 saturated carbocycles. The van der Waals surface area contributed by atoms with Crippen molar-refractivity contribution in [1.29, 1.82) is 0 Å². The zero-order valence-electron chi connectivity index (χ0n) is 31.1. The molecule has 0 aliphatic carbocycles. The van der Waals surface area contributed by atoms with E-state index < -0.39 is 47.5 Å². The highest BCUT2D eigenvalue weighted by Gasteiger charge is 2.54. The van der Waals surface area contributed by atoms with Crippen molar-refractivity contribution in [3.05, 3.63) is 155 Å². The number of thiazole rings is 1. The van der Waals surface area contributed by atoms with Gasteiger partial charge in [-0.2, -0.15) is 17.7 Å². The van der Waals surface area contributed by atoms with Crippen molar-refractivity contribution in [2.24, 2.45) is 5.16 Å². The first kappa shape index (κ1) is 43.7. The molecule has 1 fully saturated rings. The van der Waals surface area contributed by atoms with Gasteiger partial charge in [0.15, 0.2) is 23.2 Å². The molecule has 2 aliphatic heterocycles. The van der Waals surface area contributed by atoms with Crippen LogP contribution in [-0.2, 0) is 31.3 Å². The summed E-state index contributed by atoms with van der Waals surface area (Å²) < 4.78 is 39.3. The lowest BCUT2D eigenvalue weighted by Crippen LogP contribution is -3.00. The van der Waals surface area contributed by atoms with Crippen molar-refractivity contribution < 1.29 is 66.0 Å². The first-order valence-corrected chi connectivity index (χ1v) is 20.9. The Hall–Kier alpha value is -4.92. The van der Waals surface area contributed by atoms with Crippen LogP contribution in [0.2, 0.25) is 0 Å². The van der Waals surface area contributed by atoms with Gasteiger partial charge in [0.2, 0.25) is 6.54 Å². The molecule has 18 heteroatoms. The minimum atomic E-state index is -4.36. The lowest BCUT2D eigenvalue weighted by molar-refractivity contribution is -0.719. The van der Waals surface area contributed by atoms with E-state index in [2.05, 4.69) is 15.8 Å². The summed E-state index contributed by atoms with van der Waals surface area (Å²) in [6.07, 6.45) is -1.75. The number of alkyl halides is 3. The van der Waals surface area contributed by atoms with Crippen LogP contribution < -0.4 is 39.2 Å². The van der Waals surface area contributed by atoms with Crippen LogP contribution in [0, 0.1) is 0 Å². The monoisotopic (exact) mass is 972 g/mol. The van der Waals surface area contributed by atoms with Crippen LogP contribution in [-0.4, -0.2) is 74.2 Å². The number of thioether (sulfide) groups is 2. The van der Waals surface area contributed by atoms with E-state index in [1.165, 1.54) is 64.3 Å². The third-order valence-corrected chi connectivity index (χ3v) is 12.5. The molecule has 4 heterocycles. The molecular weight excluding hydrogens is 937 g/mol. The fourth-order valence-corrected chi connectivity index (χ4v) is 9.86. The van der Waals surface area contributed by atoms with E-state index in [4.69, 9.17) is 9.82 Å². The highest BCUT2D eigenvalue weighted by molar-refractivity contribution is 8.01. The number of carboxylic acid groups (broad SMARTS) is 1. The predicted octanol–water partition coefficient (Wildman–Crippen LogP) is 3.67. The molecule has 306 valence electrons. The summed E-state index contributed by atoms with van der Waals surface area (Å²) in [6.45, 7) is 0.743. The molecule has 0 spiro atoms. The Morgan fingerprint density at radius 1 is 0.966 bits per heavy atom. The van der Waals surface area contributed by atoms with Crippen molar-refractivity contribution in [2.45, 2.75) is 41.5 Å². The van der Waals surface area contributed by atoms with E-state index >= 15 is 0 Å². The van der Waals surface area contributed by atoms with Crippen molar-refractivity contribution in [3.63, 3.8) is 0 Å². The summed E-state index contributed by atoms with van der Waals surface area (Å²) in [5.74, 6) is -2.18. The maximum atomic E-state index is 13.9. The number of benzene rings is 3. The standard InChI is InChI=1S/C41H35F3N6O5S3.HI/c1-2-55-48-32(31-24-58-39(45-31)47-41(27-12-6-3-7-13-27,28-14-8-4-9-15-28)29-16-10-5-11-17-29)35(51)46-33-36(52)50-34(38(53)54)26(23-57-37(33)50)22-56-30-18-20-49(21-19-30)25-40(42,43)44;/h3-21,24,33,37H,2,22-23,25H2,1H3,(H2-,45,46,47,51,53,54);1H/b48-32-;/t33-,37-;/m1./s1. The van der Waals surface area contributed by atoms with E-state index in [-0.39, 0.29) is 59.2 Å². The number of β-lactam (4-membered cyclic amide) rings is 1. The topological polar surface area (TPSA) is 137 Å². The summed E-state index contributed by atoms with van der Waals surface area (Å²) in [6, 6.07) is 31.9. The van der Waals surface area contributed by atoms with Gasteiger partial charge < -0.3 is 44.6 Å². The second kappa shape index (κ2) is 19.0. The van der Waals surface area contributed by atoms with E-state index in [0.29, 0.717) is 15.6 Å². The number of carbonyl (C=O) groups excluding carboxylic acids is 2. The number of nitrogens with one attached hydrogen (secondary N) is 2.